The molecule has 2 aromatic rings. The predicted molar refractivity (Wildman–Crippen MR) is 121 cm³/mol. The second-order valence-corrected chi connectivity index (χ2v) is 9.35. The van der Waals surface area contributed by atoms with Crippen molar-refractivity contribution in [3.8, 4) is 11.5 Å². The molecule has 0 spiro atoms. The Morgan fingerprint density at radius 1 is 1.20 bits per heavy atom. The van der Waals surface area contributed by atoms with Gasteiger partial charge in [-0.2, -0.15) is 0 Å². The van der Waals surface area contributed by atoms with E-state index in [1.54, 1.807) is 14.2 Å². The van der Waals surface area contributed by atoms with Gasteiger partial charge in [-0.15, -0.1) is 11.3 Å². The number of ether oxygens (including phenoxy) is 3. The van der Waals surface area contributed by atoms with Gasteiger partial charge in [0.15, 0.2) is 11.5 Å². The van der Waals surface area contributed by atoms with Crippen LogP contribution in [0.2, 0.25) is 0 Å². The van der Waals surface area contributed by atoms with Crippen LogP contribution in [-0.2, 0) is 28.8 Å². The molecule has 6 nitrogen and oxygen atoms in total. The summed E-state index contributed by atoms with van der Waals surface area (Å²) in [7, 11) is 4.53. The molecule has 0 saturated heterocycles. The van der Waals surface area contributed by atoms with Crippen molar-refractivity contribution >= 4 is 44.1 Å². The molecule has 0 bridgehead atoms. The summed E-state index contributed by atoms with van der Waals surface area (Å²) < 4.78 is 16.5. The third-order valence-electron chi connectivity index (χ3n) is 5.33. The van der Waals surface area contributed by atoms with Crippen molar-refractivity contribution in [3.05, 3.63) is 38.2 Å². The largest absolute Gasteiger partial charge is 0.493 e. The highest BCUT2D eigenvalue weighted by atomic mass is 79.9. The standard InChI is InChI=1S/C22H26BrNO5S/c1-12-5-7-14-18(9-12)30-21(20(14)22(26)29-4)24-19(25)8-6-13-10-16(27-2)17(28-3)11-15(13)23/h10-12H,5-9H2,1-4H3,(H,24,25). The van der Waals surface area contributed by atoms with E-state index in [0.29, 0.717) is 34.4 Å². The first kappa shape index (κ1) is 22.6. The Bertz CT molecular complexity index is 955. The number of anilines is 1. The maximum atomic E-state index is 12.7. The Labute approximate surface area is 189 Å². The molecule has 8 heteroatoms. The van der Waals surface area contributed by atoms with E-state index >= 15 is 0 Å². The molecule has 0 fully saturated rings. The number of carbonyl (C=O) groups excluding carboxylic acids is 2. The zero-order valence-corrected chi connectivity index (χ0v) is 20.0. The van der Waals surface area contributed by atoms with Gasteiger partial charge in [-0.25, -0.2) is 4.79 Å². The smallest absolute Gasteiger partial charge is 0.341 e. The van der Waals surface area contributed by atoms with E-state index in [2.05, 4.69) is 28.2 Å². The molecule has 1 atom stereocenters. The Morgan fingerprint density at radius 3 is 2.57 bits per heavy atom. The number of thiophene rings is 1. The van der Waals surface area contributed by atoms with E-state index in [1.807, 2.05) is 12.1 Å². The van der Waals surface area contributed by atoms with Crippen LogP contribution in [0.15, 0.2) is 16.6 Å². The number of methoxy groups -OCH3 is 3. The normalized spacial score (nSPS) is 15.3. The number of hydrogen-bond donors (Lipinski definition) is 1. The van der Waals surface area contributed by atoms with Crippen LogP contribution in [0.1, 0.15) is 46.1 Å². The highest BCUT2D eigenvalue weighted by molar-refractivity contribution is 9.10. The van der Waals surface area contributed by atoms with E-state index in [1.165, 1.54) is 23.3 Å². The van der Waals surface area contributed by atoms with Gasteiger partial charge in [0.2, 0.25) is 5.91 Å². The highest BCUT2D eigenvalue weighted by Crippen LogP contribution is 2.40. The number of rotatable bonds is 7. The Hall–Kier alpha value is -2.06. The van der Waals surface area contributed by atoms with Crippen LogP contribution in [0.4, 0.5) is 5.00 Å². The summed E-state index contributed by atoms with van der Waals surface area (Å²) in [6, 6.07) is 3.69. The summed E-state index contributed by atoms with van der Waals surface area (Å²) in [6.07, 6.45) is 3.59. The fourth-order valence-corrected chi connectivity index (χ4v) is 5.62. The minimum atomic E-state index is -0.389. The number of fused-ring (bicyclic) bond motifs is 1. The number of benzene rings is 1. The highest BCUT2D eigenvalue weighted by Gasteiger charge is 2.28. The van der Waals surface area contributed by atoms with Crippen molar-refractivity contribution in [2.24, 2.45) is 5.92 Å². The summed E-state index contributed by atoms with van der Waals surface area (Å²) in [4.78, 5) is 26.2. The van der Waals surface area contributed by atoms with Gasteiger partial charge in [0, 0.05) is 15.8 Å². The Morgan fingerprint density at radius 2 is 1.90 bits per heavy atom. The molecule has 0 saturated carbocycles. The average molecular weight is 496 g/mol. The third kappa shape index (κ3) is 4.81. The van der Waals surface area contributed by atoms with Crippen molar-refractivity contribution in [1.29, 1.82) is 0 Å². The number of nitrogens with one attached hydrogen (secondary N) is 1. The summed E-state index contributed by atoms with van der Waals surface area (Å²) in [6.45, 7) is 2.21. The molecule has 0 radical (unpaired) electrons. The van der Waals surface area contributed by atoms with Crippen LogP contribution in [0, 0.1) is 5.92 Å². The van der Waals surface area contributed by atoms with Gasteiger partial charge in [-0.3, -0.25) is 4.79 Å². The molecule has 1 aromatic carbocycles. The lowest BCUT2D eigenvalue weighted by Gasteiger charge is -2.18. The van der Waals surface area contributed by atoms with Crippen LogP contribution in [0.3, 0.4) is 0 Å². The van der Waals surface area contributed by atoms with Gasteiger partial charge in [-0.1, -0.05) is 22.9 Å². The number of hydrogen-bond acceptors (Lipinski definition) is 6. The van der Waals surface area contributed by atoms with Gasteiger partial charge < -0.3 is 19.5 Å². The molecular formula is C22H26BrNO5S. The first-order valence-electron chi connectivity index (χ1n) is 9.81. The zero-order valence-electron chi connectivity index (χ0n) is 17.6. The summed E-state index contributed by atoms with van der Waals surface area (Å²) in [5.41, 5.74) is 2.49. The van der Waals surface area contributed by atoms with Crippen LogP contribution >= 0.6 is 27.3 Å². The van der Waals surface area contributed by atoms with E-state index in [4.69, 9.17) is 14.2 Å². The van der Waals surface area contributed by atoms with Crippen molar-refractivity contribution in [2.45, 2.75) is 39.0 Å². The summed E-state index contributed by atoms with van der Waals surface area (Å²) in [5.74, 6) is 1.28. The van der Waals surface area contributed by atoms with Crippen LogP contribution in [0.25, 0.3) is 0 Å². The lowest BCUT2D eigenvalue weighted by molar-refractivity contribution is -0.116. The van der Waals surface area contributed by atoms with Crippen molar-refractivity contribution in [2.75, 3.05) is 26.6 Å². The van der Waals surface area contributed by atoms with E-state index in [0.717, 1.165) is 34.9 Å². The molecule has 1 amide bonds. The maximum Gasteiger partial charge on any atom is 0.341 e. The van der Waals surface area contributed by atoms with E-state index < -0.39 is 0 Å². The quantitative estimate of drug-likeness (QED) is 0.546. The first-order valence-corrected chi connectivity index (χ1v) is 11.4. The monoisotopic (exact) mass is 495 g/mol. The summed E-state index contributed by atoms with van der Waals surface area (Å²) >= 11 is 5.02. The molecule has 1 heterocycles. The molecule has 1 unspecified atom stereocenters. The molecule has 3 rings (SSSR count). The Kier molecular flexibility index (Phi) is 7.41. The molecule has 30 heavy (non-hydrogen) atoms. The van der Waals surface area contributed by atoms with Crippen LogP contribution in [0.5, 0.6) is 11.5 Å². The van der Waals surface area contributed by atoms with Crippen molar-refractivity contribution in [3.63, 3.8) is 0 Å². The molecule has 1 aliphatic carbocycles. The fourth-order valence-electron chi connectivity index (χ4n) is 3.68. The van der Waals surface area contributed by atoms with Gasteiger partial charge in [0.25, 0.3) is 0 Å². The minimum Gasteiger partial charge on any atom is -0.493 e. The predicted octanol–water partition coefficient (Wildman–Crippen LogP) is 5.01. The van der Waals surface area contributed by atoms with E-state index in [-0.39, 0.29) is 18.3 Å². The third-order valence-corrected chi connectivity index (χ3v) is 7.24. The zero-order chi connectivity index (χ0) is 21.8. The number of halogens is 1. The SMILES string of the molecule is COC(=O)c1c(NC(=O)CCc2cc(OC)c(OC)cc2Br)sc2c1CCC(C)C2. The second kappa shape index (κ2) is 9.83. The van der Waals surface area contributed by atoms with Gasteiger partial charge in [0.1, 0.15) is 5.00 Å². The molecule has 0 aliphatic heterocycles. The lowest BCUT2D eigenvalue weighted by atomic mass is 9.88. The average Bonchev–Trinajstić information content (AvgIpc) is 3.08. The van der Waals surface area contributed by atoms with Gasteiger partial charge in [-0.05, 0) is 54.9 Å². The number of carbonyl (C=O) groups is 2. The van der Waals surface area contributed by atoms with Crippen LogP contribution in [-0.4, -0.2) is 33.2 Å². The number of aryl methyl sites for hydroxylation is 1. The van der Waals surface area contributed by atoms with Crippen LogP contribution < -0.4 is 14.8 Å². The minimum absolute atomic E-state index is 0.145. The van der Waals surface area contributed by atoms with Gasteiger partial charge >= 0.3 is 5.97 Å². The Balaban J connectivity index is 1.75. The first-order chi connectivity index (χ1) is 14.4. The van der Waals surface area contributed by atoms with Crippen molar-refractivity contribution in [1.82, 2.24) is 0 Å². The molecular weight excluding hydrogens is 470 g/mol. The van der Waals surface area contributed by atoms with E-state index in [9.17, 15) is 9.59 Å². The molecule has 1 N–H and O–H groups in total. The topological polar surface area (TPSA) is 73.9 Å². The number of esters is 1. The molecule has 1 aromatic heterocycles. The number of amides is 1. The second-order valence-electron chi connectivity index (χ2n) is 7.39. The maximum absolute atomic E-state index is 12.7. The molecule has 162 valence electrons. The summed E-state index contributed by atoms with van der Waals surface area (Å²) in [5, 5.41) is 3.54. The fraction of sp³-hybridized carbons (Fsp3) is 0.455. The molecule has 1 aliphatic rings. The van der Waals surface area contributed by atoms with Crippen molar-refractivity contribution < 1.29 is 23.8 Å². The lowest BCUT2D eigenvalue weighted by Crippen LogP contribution is -2.16. The van der Waals surface area contributed by atoms with Gasteiger partial charge in [0.05, 0.1) is 26.9 Å².